The van der Waals surface area contributed by atoms with Crippen molar-refractivity contribution in [3.8, 4) is 6.07 Å². The summed E-state index contributed by atoms with van der Waals surface area (Å²) in [7, 11) is -1.47. The van der Waals surface area contributed by atoms with E-state index >= 15 is 0 Å². The first-order chi connectivity index (χ1) is 9.49. The normalized spacial score (nSPS) is 11.5. The molecule has 6 heteroatoms. The van der Waals surface area contributed by atoms with Crippen molar-refractivity contribution in [3.63, 3.8) is 0 Å². The van der Waals surface area contributed by atoms with Crippen molar-refractivity contribution < 1.29 is 8.42 Å². The average Bonchev–Trinajstić information content (AvgIpc) is 2.46. The summed E-state index contributed by atoms with van der Waals surface area (Å²) in [5.74, 6) is 0.137. The van der Waals surface area contributed by atoms with Gasteiger partial charge >= 0.3 is 0 Å². The molecule has 1 rings (SSSR count). The summed E-state index contributed by atoms with van der Waals surface area (Å²) >= 11 is 0. The van der Waals surface area contributed by atoms with Crippen molar-refractivity contribution >= 4 is 10.0 Å². The molecule has 0 unspecified atom stereocenters. The predicted octanol–water partition coefficient (Wildman–Crippen LogP) is 1.32. The summed E-state index contributed by atoms with van der Waals surface area (Å²) in [6, 6.07) is 9.54. The molecule has 0 aliphatic heterocycles. The highest BCUT2D eigenvalue weighted by Crippen LogP contribution is 2.03. The van der Waals surface area contributed by atoms with Gasteiger partial charge in [-0.15, -0.1) is 0 Å². The zero-order valence-corrected chi connectivity index (χ0v) is 12.8. The van der Waals surface area contributed by atoms with Crippen LogP contribution in [-0.4, -0.2) is 38.6 Å². The Kier molecular flexibility index (Phi) is 6.65. The van der Waals surface area contributed by atoms with Crippen LogP contribution in [0.5, 0.6) is 0 Å². The number of nitrogens with one attached hydrogen (secondary N) is 1. The minimum Gasteiger partial charge on any atom is -0.313 e. The largest absolute Gasteiger partial charge is 0.313 e. The molecule has 0 heterocycles. The first-order valence-corrected chi connectivity index (χ1v) is 8.24. The second kappa shape index (κ2) is 8.00. The molecule has 0 aliphatic rings. The van der Waals surface area contributed by atoms with Crippen molar-refractivity contribution in [1.82, 2.24) is 9.62 Å². The lowest BCUT2D eigenvalue weighted by Crippen LogP contribution is -2.31. The molecule has 0 aromatic heterocycles. The molecule has 5 nitrogen and oxygen atoms in total. The number of hydrogen-bond acceptors (Lipinski definition) is 4. The lowest BCUT2D eigenvalue weighted by Gasteiger charge is -2.15. The van der Waals surface area contributed by atoms with Crippen LogP contribution in [0, 0.1) is 11.3 Å². The molecular weight excluding hydrogens is 274 g/mol. The van der Waals surface area contributed by atoms with Crippen LogP contribution in [0.1, 0.15) is 24.5 Å². The minimum absolute atomic E-state index is 0.137. The lowest BCUT2D eigenvalue weighted by atomic mass is 10.1. The molecule has 0 aliphatic carbocycles. The van der Waals surface area contributed by atoms with E-state index in [4.69, 9.17) is 5.26 Å². The van der Waals surface area contributed by atoms with E-state index in [0.29, 0.717) is 18.7 Å². The van der Waals surface area contributed by atoms with Gasteiger partial charge in [-0.3, -0.25) is 0 Å². The molecule has 1 N–H and O–H groups in total. The van der Waals surface area contributed by atoms with E-state index in [1.54, 1.807) is 20.0 Å². The van der Waals surface area contributed by atoms with Crippen LogP contribution in [0.15, 0.2) is 24.3 Å². The maximum absolute atomic E-state index is 11.5. The van der Waals surface area contributed by atoms with E-state index in [9.17, 15) is 8.42 Å². The van der Waals surface area contributed by atoms with Gasteiger partial charge in [-0.25, -0.2) is 12.7 Å². The smallest absolute Gasteiger partial charge is 0.213 e. The fourth-order valence-electron chi connectivity index (χ4n) is 1.77. The van der Waals surface area contributed by atoms with Crippen LogP contribution in [0.2, 0.25) is 0 Å². The highest BCUT2D eigenvalue weighted by atomic mass is 32.2. The maximum Gasteiger partial charge on any atom is 0.213 e. The number of benzene rings is 1. The van der Waals surface area contributed by atoms with E-state index in [-0.39, 0.29) is 5.75 Å². The molecule has 110 valence electrons. The monoisotopic (exact) mass is 295 g/mol. The van der Waals surface area contributed by atoms with Crippen molar-refractivity contribution in [2.24, 2.45) is 0 Å². The van der Waals surface area contributed by atoms with E-state index in [2.05, 4.69) is 11.4 Å². The standard InChI is InChI=1S/C14H21N3O2S/c1-3-20(18,19)17(2)9-5-8-16-12-14-7-4-6-13(10-14)11-15/h4,6-7,10,16H,3,5,8-9,12H2,1-2H3. The van der Waals surface area contributed by atoms with E-state index in [0.717, 1.165) is 18.5 Å². The molecule has 0 fully saturated rings. The van der Waals surface area contributed by atoms with Crippen LogP contribution in [0.25, 0.3) is 0 Å². The first-order valence-electron chi connectivity index (χ1n) is 6.63. The highest BCUT2D eigenvalue weighted by Gasteiger charge is 2.13. The summed E-state index contributed by atoms with van der Waals surface area (Å²) in [6.45, 7) is 3.58. The third-order valence-corrected chi connectivity index (χ3v) is 4.91. The van der Waals surface area contributed by atoms with Gasteiger partial charge in [0.1, 0.15) is 0 Å². The highest BCUT2D eigenvalue weighted by molar-refractivity contribution is 7.89. The summed E-state index contributed by atoms with van der Waals surface area (Å²) < 4.78 is 24.5. The van der Waals surface area contributed by atoms with Gasteiger partial charge in [0.25, 0.3) is 0 Å². The van der Waals surface area contributed by atoms with Gasteiger partial charge in [0, 0.05) is 20.1 Å². The van der Waals surface area contributed by atoms with Gasteiger partial charge < -0.3 is 5.32 Å². The molecule has 1 aromatic carbocycles. The Morgan fingerprint density at radius 1 is 1.40 bits per heavy atom. The van der Waals surface area contributed by atoms with E-state index in [1.165, 1.54) is 4.31 Å². The molecular formula is C14H21N3O2S. The van der Waals surface area contributed by atoms with Crippen molar-refractivity contribution in [1.29, 1.82) is 5.26 Å². The summed E-state index contributed by atoms with van der Waals surface area (Å²) in [5.41, 5.74) is 1.71. The molecule has 20 heavy (non-hydrogen) atoms. The van der Waals surface area contributed by atoms with E-state index < -0.39 is 10.0 Å². The number of sulfonamides is 1. The van der Waals surface area contributed by atoms with Crippen LogP contribution in [0.3, 0.4) is 0 Å². The Hall–Kier alpha value is -1.42. The number of hydrogen-bond donors (Lipinski definition) is 1. The summed E-state index contributed by atoms with van der Waals surface area (Å²) in [5, 5.41) is 12.0. The second-order valence-electron chi connectivity index (χ2n) is 4.56. The third kappa shape index (κ3) is 5.29. The Morgan fingerprint density at radius 3 is 2.80 bits per heavy atom. The van der Waals surface area contributed by atoms with Gasteiger partial charge in [-0.05, 0) is 37.6 Å². The van der Waals surface area contributed by atoms with Crippen LogP contribution in [-0.2, 0) is 16.6 Å². The molecule has 0 spiro atoms. The topological polar surface area (TPSA) is 73.2 Å². The third-order valence-electron chi connectivity index (χ3n) is 3.05. The molecule has 0 bridgehead atoms. The second-order valence-corrected chi connectivity index (χ2v) is 6.93. The zero-order chi connectivity index (χ0) is 15.0. The van der Waals surface area contributed by atoms with Gasteiger partial charge in [-0.2, -0.15) is 5.26 Å². The van der Waals surface area contributed by atoms with Crippen LogP contribution in [0.4, 0.5) is 0 Å². The summed E-state index contributed by atoms with van der Waals surface area (Å²) in [6.07, 6.45) is 0.758. The predicted molar refractivity (Wildman–Crippen MR) is 79.6 cm³/mol. The average molecular weight is 295 g/mol. The fraction of sp³-hybridized carbons (Fsp3) is 0.500. The van der Waals surface area contributed by atoms with Gasteiger partial charge in [0.15, 0.2) is 0 Å². The van der Waals surface area contributed by atoms with Gasteiger partial charge in [-0.1, -0.05) is 12.1 Å². The molecule has 0 atom stereocenters. The fourth-order valence-corrected chi connectivity index (χ4v) is 2.62. The Labute approximate surface area is 121 Å². The van der Waals surface area contributed by atoms with Gasteiger partial charge in [0.05, 0.1) is 17.4 Å². The molecule has 0 saturated heterocycles. The first kappa shape index (κ1) is 16.6. The van der Waals surface area contributed by atoms with Crippen LogP contribution < -0.4 is 5.32 Å². The summed E-state index contributed by atoms with van der Waals surface area (Å²) in [4.78, 5) is 0. The molecule has 0 radical (unpaired) electrons. The van der Waals surface area contributed by atoms with Crippen molar-refractivity contribution in [2.45, 2.75) is 19.9 Å². The van der Waals surface area contributed by atoms with Crippen molar-refractivity contribution in [3.05, 3.63) is 35.4 Å². The molecule has 1 aromatic rings. The van der Waals surface area contributed by atoms with Crippen molar-refractivity contribution in [2.75, 3.05) is 25.9 Å². The number of rotatable bonds is 8. The maximum atomic E-state index is 11.5. The Bertz CT molecular complexity index is 564. The number of nitrogens with zero attached hydrogens (tertiary/aromatic N) is 2. The number of nitriles is 1. The zero-order valence-electron chi connectivity index (χ0n) is 12.0. The SMILES string of the molecule is CCS(=O)(=O)N(C)CCCNCc1cccc(C#N)c1. The molecule has 0 amide bonds. The van der Waals surface area contributed by atoms with Gasteiger partial charge in [0.2, 0.25) is 10.0 Å². The Morgan fingerprint density at radius 2 is 2.15 bits per heavy atom. The lowest BCUT2D eigenvalue weighted by molar-refractivity contribution is 0.455. The quantitative estimate of drug-likeness (QED) is 0.734. The van der Waals surface area contributed by atoms with Crippen LogP contribution >= 0.6 is 0 Å². The Balaban J connectivity index is 2.27. The minimum atomic E-state index is -3.08. The van der Waals surface area contributed by atoms with E-state index in [1.807, 2.05) is 18.2 Å². The molecule has 0 saturated carbocycles.